The molecule has 2 amide bonds. The third kappa shape index (κ3) is 8.33. The largest absolute Gasteiger partial charge is 0.481 e. The van der Waals surface area contributed by atoms with Gasteiger partial charge in [0.2, 0.25) is 0 Å². The molecule has 61 heavy (non-hydrogen) atoms. The van der Waals surface area contributed by atoms with Crippen molar-refractivity contribution >= 4 is 66.0 Å². The number of aromatic nitrogens is 4. The fraction of sp³-hybridized carbons (Fsp3) is 0.333. The summed E-state index contributed by atoms with van der Waals surface area (Å²) in [7, 11) is -4.36. The second-order valence-corrected chi connectivity index (χ2v) is 18.9. The summed E-state index contributed by atoms with van der Waals surface area (Å²) in [5.41, 5.74) is 5.82. The lowest BCUT2D eigenvalue weighted by molar-refractivity contribution is -0.140. The quantitative estimate of drug-likeness (QED) is 0.119. The van der Waals surface area contributed by atoms with Crippen molar-refractivity contribution in [2.24, 2.45) is 11.8 Å². The lowest BCUT2D eigenvalue weighted by Gasteiger charge is -2.31. The number of thiazole rings is 1. The first kappa shape index (κ1) is 40.3. The minimum Gasteiger partial charge on any atom is -0.481 e. The Bertz CT molecular complexity index is 2730. The van der Waals surface area contributed by atoms with Crippen molar-refractivity contribution in [1.82, 2.24) is 24.5 Å². The molecule has 2 fully saturated rings. The van der Waals surface area contributed by atoms with E-state index in [2.05, 4.69) is 15.0 Å². The van der Waals surface area contributed by atoms with Crippen molar-refractivity contribution in [2.45, 2.75) is 69.9 Å². The number of carbonyl (C=O) groups is 3. The van der Waals surface area contributed by atoms with Crippen LogP contribution < -0.4 is 19.8 Å². The van der Waals surface area contributed by atoms with Gasteiger partial charge in [-0.1, -0.05) is 54.9 Å². The lowest BCUT2D eigenvalue weighted by atomic mass is 9.89. The smallest absolute Gasteiger partial charge is 0.308 e. The van der Waals surface area contributed by atoms with Gasteiger partial charge in [0.1, 0.15) is 11.5 Å². The number of anilines is 3. The topological polar surface area (TPSA) is 180 Å². The maximum Gasteiger partial charge on any atom is 0.308 e. The normalized spacial score (nSPS) is 17.0. The third-order valence-electron chi connectivity index (χ3n) is 12.3. The number of carboxylic acid groups (broad SMARTS) is 1. The maximum absolute atomic E-state index is 14.3. The molecule has 0 radical (unpaired) electrons. The zero-order chi connectivity index (χ0) is 42.3. The van der Waals surface area contributed by atoms with E-state index in [1.807, 2.05) is 63.9 Å². The number of fused-ring (bicyclic) bond motifs is 2. The fourth-order valence-corrected chi connectivity index (χ4v) is 10.7. The molecule has 6 aromatic rings. The molecule has 0 spiro atoms. The Kier molecular flexibility index (Phi) is 11.0. The molecule has 0 bridgehead atoms. The van der Waals surface area contributed by atoms with Gasteiger partial charge in [0, 0.05) is 60.8 Å². The highest BCUT2D eigenvalue weighted by Gasteiger charge is 2.30. The number of aliphatic carboxylic acids is 1. The molecule has 9 rings (SSSR count). The highest BCUT2D eigenvalue weighted by atomic mass is 32.2. The molecule has 3 N–H and O–H groups in total. The number of carbonyl (C=O) groups excluding carboxylic acids is 2. The summed E-state index contributed by atoms with van der Waals surface area (Å²) in [6, 6.07) is 23.1. The summed E-state index contributed by atoms with van der Waals surface area (Å²) in [5.74, 6) is -1.53. The summed E-state index contributed by atoms with van der Waals surface area (Å²) in [6.45, 7) is 4.49. The number of rotatable bonds is 11. The Labute approximate surface area is 357 Å². The van der Waals surface area contributed by atoms with Crippen LogP contribution in [0.2, 0.25) is 0 Å². The van der Waals surface area contributed by atoms with Crippen LogP contribution in [0.25, 0.3) is 21.3 Å². The van der Waals surface area contributed by atoms with Gasteiger partial charge >= 0.3 is 5.97 Å². The van der Waals surface area contributed by atoms with Gasteiger partial charge in [-0.15, -0.1) is 0 Å². The van der Waals surface area contributed by atoms with Gasteiger partial charge in [-0.2, -0.15) is 5.10 Å². The second-order valence-electron chi connectivity index (χ2n) is 16.1. The fourth-order valence-electron chi connectivity index (χ4n) is 8.87. The lowest BCUT2D eigenvalue weighted by Crippen LogP contribution is -2.34. The average molecular weight is 859 g/mol. The van der Waals surface area contributed by atoms with Crippen molar-refractivity contribution in [3.8, 4) is 11.1 Å². The minimum absolute atomic E-state index is 0.0672. The number of hydrogen-bond donors (Lipinski definition) is 3. The second kappa shape index (κ2) is 16.7. The number of pyridine rings is 1. The monoisotopic (exact) mass is 858 g/mol. The predicted molar refractivity (Wildman–Crippen MR) is 235 cm³/mol. The van der Waals surface area contributed by atoms with Gasteiger partial charge in [0.05, 0.1) is 27.2 Å². The standard InChI is InChI=1S/C45H46N8O6S2/c1-28-36(24-46-53(28)25-29-8-3-2-4-9-29)34-18-19-40(48-41(34)43(55)50-61(58,59)33-16-14-32(15-17-33)51-22-21-31(26-51)44(56)57)52-23-20-30-10-7-11-35(37(30)27-52)42(54)49-45-47-38-12-5-6-13-39(38)60-45/h5-7,10-19,24,29,31H,2-4,8-9,20-23,25-27H2,1H3,(H,50,55)(H,56,57)(H,47,49,54). The number of carboxylic acids is 1. The minimum atomic E-state index is -4.36. The SMILES string of the molecule is Cc1c(-c2ccc(N3CCc4cccc(C(=O)Nc5nc6ccccc6s5)c4C3)nc2C(=O)NS(=O)(=O)c2ccc(N3CCC(C(=O)O)C3)cc2)cnn1CC1CCCCC1. The first-order valence-corrected chi connectivity index (χ1v) is 23.0. The van der Waals surface area contributed by atoms with Gasteiger partial charge in [-0.25, -0.2) is 23.1 Å². The molecule has 314 valence electrons. The van der Waals surface area contributed by atoms with E-state index < -0.39 is 27.8 Å². The van der Waals surface area contributed by atoms with Crippen LogP contribution in [0.1, 0.15) is 76.2 Å². The number of benzene rings is 3. The van der Waals surface area contributed by atoms with Gasteiger partial charge < -0.3 is 14.9 Å². The molecule has 14 nitrogen and oxygen atoms in total. The maximum atomic E-state index is 14.3. The molecule has 5 heterocycles. The molecule has 2 aliphatic heterocycles. The number of amides is 2. The first-order valence-electron chi connectivity index (χ1n) is 20.7. The van der Waals surface area contributed by atoms with Crippen LogP contribution in [0.3, 0.4) is 0 Å². The van der Waals surface area contributed by atoms with Crippen molar-refractivity contribution in [3.05, 3.63) is 113 Å². The zero-order valence-electron chi connectivity index (χ0n) is 33.7. The van der Waals surface area contributed by atoms with Gasteiger partial charge in [-0.3, -0.25) is 24.4 Å². The van der Waals surface area contributed by atoms with E-state index in [1.54, 1.807) is 30.5 Å². The van der Waals surface area contributed by atoms with E-state index in [0.717, 1.165) is 46.4 Å². The molecule has 3 aromatic heterocycles. The van der Waals surface area contributed by atoms with Crippen LogP contribution in [0, 0.1) is 18.8 Å². The van der Waals surface area contributed by atoms with Crippen molar-refractivity contribution in [1.29, 1.82) is 0 Å². The van der Waals surface area contributed by atoms with Crippen molar-refractivity contribution < 1.29 is 27.9 Å². The molecule has 1 saturated heterocycles. The van der Waals surface area contributed by atoms with Gasteiger partial charge in [-0.05, 0) is 104 Å². The van der Waals surface area contributed by atoms with Crippen molar-refractivity contribution in [2.75, 3.05) is 34.8 Å². The number of para-hydroxylation sites is 1. The molecule has 1 aliphatic carbocycles. The molecule has 1 unspecified atom stereocenters. The van der Waals surface area contributed by atoms with E-state index in [1.165, 1.54) is 42.7 Å². The van der Waals surface area contributed by atoms with E-state index in [4.69, 9.17) is 10.1 Å². The molecular weight excluding hydrogens is 813 g/mol. The van der Waals surface area contributed by atoms with Crippen molar-refractivity contribution in [3.63, 3.8) is 0 Å². The molecule has 1 saturated carbocycles. The number of sulfonamides is 1. The summed E-state index contributed by atoms with van der Waals surface area (Å²) >= 11 is 1.41. The average Bonchev–Trinajstić information content (AvgIpc) is 4.02. The van der Waals surface area contributed by atoms with E-state index in [9.17, 15) is 27.9 Å². The summed E-state index contributed by atoms with van der Waals surface area (Å²) in [6.07, 6.45) is 8.77. The predicted octanol–water partition coefficient (Wildman–Crippen LogP) is 7.29. The molecule has 1 atom stereocenters. The zero-order valence-corrected chi connectivity index (χ0v) is 35.3. The summed E-state index contributed by atoms with van der Waals surface area (Å²) < 4.78 is 32.9. The third-order valence-corrected chi connectivity index (χ3v) is 14.6. The van der Waals surface area contributed by atoms with Crippen LogP contribution in [-0.4, -0.2) is 70.7 Å². The number of hydrogen-bond acceptors (Lipinski definition) is 11. The number of nitrogens with zero attached hydrogens (tertiary/aromatic N) is 6. The summed E-state index contributed by atoms with van der Waals surface area (Å²) in [5, 5.41) is 17.6. The summed E-state index contributed by atoms with van der Waals surface area (Å²) in [4.78, 5) is 52.9. The molecule has 3 aliphatic rings. The Morgan fingerprint density at radius 2 is 1.66 bits per heavy atom. The molecular formula is C45H46N8O6S2. The van der Waals surface area contributed by atoms with Gasteiger partial charge in [0.15, 0.2) is 5.13 Å². The first-order chi connectivity index (χ1) is 29.5. The Morgan fingerprint density at radius 1 is 0.852 bits per heavy atom. The van der Waals surface area contributed by atoms with Crippen LogP contribution in [-0.2, 0) is 34.3 Å². The molecule has 3 aromatic carbocycles. The van der Waals surface area contributed by atoms with Crippen LogP contribution in [0.4, 0.5) is 16.6 Å². The van der Waals surface area contributed by atoms with E-state index >= 15 is 0 Å². The highest BCUT2D eigenvalue weighted by molar-refractivity contribution is 7.90. The Morgan fingerprint density at radius 3 is 2.43 bits per heavy atom. The van der Waals surface area contributed by atoms with Crippen LogP contribution in [0.5, 0.6) is 0 Å². The Balaban J connectivity index is 1.00. The van der Waals surface area contributed by atoms with Crippen LogP contribution in [0.15, 0.2) is 90.0 Å². The Hall–Kier alpha value is -6.13. The molecule has 16 heteroatoms. The number of nitrogens with one attached hydrogen (secondary N) is 2. The van der Waals surface area contributed by atoms with E-state index in [0.29, 0.717) is 78.3 Å². The highest BCUT2D eigenvalue weighted by Crippen LogP contribution is 2.34. The van der Waals surface area contributed by atoms with Crippen LogP contribution >= 0.6 is 11.3 Å². The van der Waals surface area contributed by atoms with Gasteiger partial charge in [0.25, 0.3) is 21.8 Å². The van der Waals surface area contributed by atoms with E-state index in [-0.39, 0.29) is 16.5 Å².